The molecule has 1 aromatic rings. The molecule has 1 rings (SSSR count). The van der Waals surface area contributed by atoms with Gasteiger partial charge in [-0.3, -0.25) is 4.79 Å². The molecule has 0 bridgehead atoms. The molecule has 0 spiro atoms. The summed E-state index contributed by atoms with van der Waals surface area (Å²) in [6.45, 7) is 4.03. The molecule has 0 fully saturated rings. The molecule has 15 heavy (non-hydrogen) atoms. The highest BCUT2D eigenvalue weighted by molar-refractivity contribution is 9.10. The Hall–Kier alpha value is -0.830. The minimum Gasteiger partial charge on any atom is -0.481 e. The Labute approximate surface area is 98.4 Å². The maximum atomic E-state index is 10.7. The van der Waals surface area contributed by atoms with Gasteiger partial charge in [-0.2, -0.15) is 0 Å². The second-order valence-electron chi connectivity index (χ2n) is 3.71. The maximum Gasteiger partial charge on any atom is 0.303 e. The zero-order valence-electron chi connectivity index (χ0n) is 8.96. The number of aryl methyl sites for hydroxylation is 1. The average Bonchev–Trinajstić information content (AvgIpc) is 2.18. The van der Waals surface area contributed by atoms with E-state index >= 15 is 0 Å². The second-order valence-corrected chi connectivity index (χ2v) is 4.57. The van der Waals surface area contributed by atoms with Gasteiger partial charge in [-0.25, -0.2) is 0 Å². The van der Waals surface area contributed by atoms with Crippen LogP contribution in [0.5, 0.6) is 0 Å². The Balaban J connectivity index is 2.92. The zero-order chi connectivity index (χ0) is 11.4. The first-order chi connectivity index (χ1) is 7.04. The highest BCUT2D eigenvalue weighted by Crippen LogP contribution is 2.26. The average molecular weight is 271 g/mol. The van der Waals surface area contributed by atoms with E-state index in [1.165, 1.54) is 0 Å². The van der Waals surface area contributed by atoms with Crippen molar-refractivity contribution < 1.29 is 9.90 Å². The number of carboxylic acids is 1. The van der Waals surface area contributed by atoms with Crippen molar-refractivity contribution in [3.05, 3.63) is 33.8 Å². The fraction of sp³-hybridized carbons (Fsp3) is 0.417. The summed E-state index contributed by atoms with van der Waals surface area (Å²) in [6.07, 6.45) is 1.06. The summed E-state index contributed by atoms with van der Waals surface area (Å²) in [5.41, 5.74) is 2.26. The van der Waals surface area contributed by atoms with Crippen molar-refractivity contribution >= 4 is 21.9 Å². The standard InChI is InChI=1S/C12H15BrO2/c1-3-9(7-12(14)15)10-4-5-11(13)8(2)6-10/h4-6,9H,3,7H2,1-2H3,(H,14,15). The number of halogens is 1. The maximum absolute atomic E-state index is 10.7. The predicted octanol–water partition coefficient (Wildman–Crippen LogP) is 3.73. The lowest BCUT2D eigenvalue weighted by Gasteiger charge is -2.13. The summed E-state index contributed by atoms with van der Waals surface area (Å²) in [4.78, 5) is 10.7. The van der Waals surface area contributed by atoms with Crippen molar-refractivity contribution in [2.75, 3.05) is 0 Å². The van der Waals surface area contributed by atoms with Crippen molar-refractivity contribution in [1.82, 2.24) is 0 Å². The van der Waals surface area contributed by atoms with E-state index in [1.807, 2.05) is 26.0 Å². The lowest BCUT2D eigenvalue weighted by atomic mass is 9.92. The van der Waals surface area contributed by atoms with Gasteiger partial charge in [-0.15, -0.1) is 0 Å². The summed E-state index contributed by atoms with van der Waals surface area (Å²) < 4.78 is 1.07. The first-order valence-electron chi connectivity index (χ1n) is 5.02. The molecule has 0 aliphatic heterocycles. The molecular formula is C12H15BrO2. The van der Waals surface area contributed by atoms with Crippen molar-refractivity contribution in [3.63, 3.8) is 0 Å². The molecule has 0 radical (unpaired) electrons. The van der Waals surface area contributed by atoms with Crippen LogP contribution in [0.4, 0.5) is 0 Å². The van der Waals surface area contributed by atoms with E-state index in [9.17, 15) is 4.79 Å². The quantitative estimate of drug-likeness (QED) is 0.906. The third kappa shape index (κ3) is 3.34. The molecule has 0 saturated heterocycles. The third-order valence-corrected chi connectivity index (χ3v) is 3.46. The van der Waals surface area contributed by atoms with Gasteiger partial charge in [0.25, 0.3) is 0 Å². The van der Waals surface area contributed by atoms with Crippen LogP contribution in [0.3, 0.4) is 0 Å². The van der Waals surface area contributed by atoms with Crippen LogP contribution in [-0.4, -0.2) is 11.1 Å². The van der Waals surface area contributed by atoms with E-state index in [4.69, 9.17) is 5.11 Å². The van der Waals surface area contributed by atoms with E-state index in [2.05, 4.69) is 22.0 Å². The van der Waals surface area contributed by atoms with Crippen LogP contribution in [-0.2, 0) is 4.79 Å². The third-order valence-electron chi connectivity index (χ3n) is 2.57. The van der Waals surface area contributed by atoms with Gasteiger partial charge in [0.05, 0.1) is 6.42 Å². The molecule has 0 aliphatic rings. The second kappa shape index (κ2) is 5.31. The van der Waals surface area contributed by atoms with E-state index in [1.54, 1.807) is 0 Å². The first kappa shape index (κ1) is 12.2. The normalized spacial score (nSPS) is 12.5. The summed E-state index contributed by atoms with van der Waals surface area (Å²) >= 11 is 3.43. The highest BCUT2D eigenvalue weighted by atomic mass is 79.9. The van der Waals surface area contributed by atoms with Crippen LogP contribution in [0.15, 0.2) is 22.7 Å². The molecule has 1 aromatic carbocycles. The summed E-state index contributed by atoms with van der Waals surface area (Å²) in [6, 6.07) is 6.03. The molecule has 0 amide bonds. The molecular weight excluding hydrogens is 256 g/mol. The van der Waals surface area contributed by atoms with Crippen molar-refractivity contribution in [3.8, 4) is 0 Å². The van der Waals surface area contributed by atoms with Gasteiger partial charge >= 0.3 is 5.97 Å². The van der Waals surface area contributed by atoms with Crippen molar-refractivity contribution in [2.45, 2.75) is 32.6 Å². The van der Waals surface area contributed by atoms with Gasteiger partial charge in [0, 0.05) is 4.47 Å². The fourth-order valence-electron chi connectivity index (χ4n) is 1.63. The van der Waals surface area contributed by atoms with Crippen LogP contribution >= 0.6 is 15.9 Å². The molecule has 0 aliphatic carbocycles. The molecule has 2 nitrogen and oxygen atoms in total. The van der Waals surface area contributed by atoms with Gasteiger partial charge < -0.3 is 5.11 Å². The number of rotatable bonds is 4. The van der Waals surface area contributed by atoms with E-state index < -0.39 is 5.97 Å². The van der Waals surface area contributed by atoms with Crippen LogP contribution in [0.25, 0.3) is 0 Å². The minimum atomic E-state index is -0.734. The molecule has 0 aromatic heterocycles. The fourth-order valence-corrected chi connectivity index (χ4v) is 1.88. The predicted molar refractivity (Wildman–Crippen MR) is 64.2 cm³/mol. The largest absolute Gasteiger partial charge is 0.481 e. The van der Waals surface area contributed by atoms with E-state index in [-0.39, 0.29) is 12.3 Å². The monoisotopic (exact) mass is 270 g/mol. The molecule has 82 valence electrons. The first-order valence-corrected chi connectivity index (χ1v) is 5.81. The zero-order valence-corrected chi connectivity index (χ0v) is 10.5. The van der Waals surface area contributed by atoms with Crippen LogP contribution in [0.1, 0.15) is 36.8 Å². The Kier molecular flexibility index (Phi) is 4.33. The van der Waals surface area contributed by atoms with Gasteiger partial charge in [0.1, 0.15) is 0 Å². The molecule has 1 atom stereocenters. The number of carboxylic acid groups (broad SMARTS) is 1. The number of hydrogen-bond acceptors (Lipinski definition) is 1. The molecule has 1 unspecified atom stereocenters. The lowest BCUT2D eigenvalue weighted by molar-refractivity contribution is -0.137. The van der Waals surface area contributed by atoms with Gasteiger partial charge in [-0.1, -0.05) is 35.0 Å². The van der Waals surface area contributed by atoms with Gasteiger partial charge in [0.15, 0.2) is 0 Å². The molecule has 0 saturated carbocycles. The minimum absolute atomic E-state index is 0.120. The number of hydrogen-bond donors (Lipinski definition) is 1. The number of carbonyl (C=O) groups is 1. The van der Waals surface area contributed by atoms with E-state index in [0.29, 0.717) is 0 Å². The Morgan fingerprint density at radius 3 is 2.67 bits per heavy atom. The highest BCUT2D eigenvalue weighted by Gasteiger charge is 2.13. The Bertz CT molecular complexity index is 361. The summed E-state index contributed by atoms with van der Waals surface area (Å²) in [7, 11) is 0. The number of aliphatic carboxylic acids is 1. The van der Waals surface area contributed by atoms with Gasteiger partial charge in [-0.05, 0) is 36.5 Å². The van der Waals surface area contributed by atoms with Crippen LogP contribution < -0.4 is 0 Å². The van der Waals surface area contributed by atoms with E-state index in [0.717, 1.165) is 22.0 Å². The molecule has 1 N–H and O–H groups in total. The summed E-state index contributed by atoms with van der Waals surface area (Å²) in [5, 5.41) is 8.79. The van der Waals surface area contributed by atoms with Crippen LogP contribution in [0.2, 0.25) is 0 Å². The van der Waals surface area contributed by atoms with Gasteiger partial charge in [0.2, 0.25) is 0 Å². The van der Waals surface area contributed by atoms with Crippen molar-refractivity contribution in [2.24, 2.45) is 0 Å². The summed E-state index contributed by atoms with van der Waals surface area (Å²) in [5.74, 6) is -0.614. The SMILES string of the molecule is CCC(CC(=O)O)c1ccc(Br)c(C)c1. The molecule has 3 heteroatoms. The Morgan fingerprint density at radius 2 is 2.20 bits per heavy atom. The molecule has 0 heterocycles. The van der Waals surface area contributed by atoms with Crippen LogP contribution in [0, 0.1) is 6.92 Å². The number of benzene rings is 1. The lowest BCUT2D eigenvalue weighted by Crippen LogP contribution is -2.05. The Morgan fingerprint density at radius 1 is 1.53 bits per heavy atom. The topological polar surface area (TPSA) is 37.3 Å². The van der Waals surface area contributed by atoms with Crippen molar-refractivity contribution in [1.29, 1.82) is 0 Å². The smallest absolute Gasteiger partial charge is 0.303 e.